The molecule has 1 unspecified atom stereocenters. The Kier molecular flexibility index (Phi) is 5.41. The van der Waals surface area contributed by atoms with Crippen LogP contribution in [0.25, 0.3) is 0 Å². The maximum absolute atomic E-state index is 12.4. The molecule has 2 rings (SSSR count). The topological polar surface area (TPSA) is 104 Å². The average Bonchev–Trinajstić information content (AvgIpc) is 2.55. The second-order valence-electron chi connectivity index (χ2n) is 5.88. The molecule has 134 valence electrons. The zero-order chi connectivity index (χ0) is 18.7. The second-order valence-corrected chi connectivity index (χ2v) is 5.88. The van der Waals surface area contributed by atoms with E-state index in [1.165, 1.54) is 29.8 Å². The number of aliphatic carboxylic acids is 1. The highest BCUT2D eigenvalue weighted by atomic mass is 16.5. The van der Waals surface area contributed by atoms with Crippen molar-refractivity contribution in [3.8, 4) is 5.75 Å². The number of amides is 2. The van der Waals surface area contributed by atoms with Gasteiger partial charge in [0.05, 0.1) is 12.1 Å². The van der Waals surface area contributed by atoms with E-state index in [9.17, 15) is 19.2 Å². The molecule has 1 aliphatic rings. The number of nitrogens with zero attached hydrogens (tertiary/aromatic N) is 2. The number of fused-ring (bicyclic) bond motifs is 1. The summed E-state index contributed by atoms with van der Waals surface area (Å²) in [6.07, 6.45) is -0.936. The van der Waals surface area contributed by atoms with Crippen LogP contribution < -0.4 is 9.64 Å². The maximum Gasteiger partial charge on any atom is 0.305 e. The first-order valence-electron chi connectivity index (χ1n) is 7.79. The van der Waals surface area contributed by atoms with Gasteiger partial charge in [-0.15, -0.1) is 0 Å². The Hall–Kier alpha value is -2.90. The number of Topliss-reactive ketones (excluding diaryl/α,β-unsaturated/α-hetero) is 1. The van der Waals surface area contributed by atoms with Crippen LogP contribution in [0.3, 0.4) is 0 Å². The quantitative estimate of drug-likeness (QED) is 0.767. The fourth-order valence-corrected chi connectivity index (χ4v) is 2.43. The number of carboxylic acids is 1. The van der Waals surface area contributed by atoms with Crippen LogP contribution in [0.15, 0.2) is 18.2 Å². The number of hydrogen-bond donors (Lipinski definition) is 1. The SMILES string of the molecule is CC(=O)c1ccc2c(c1)N(CC(=O)N(C)CCC(=O)O)C(=O)C(C)O2. The lowest BCUT2D eigenvalue weighted by Crippen LogP contribution is -2.49. The highest BCUT2D eigenvalue weighted by molar-refractivity contribution is 6.05. The van der Waals surface area contributed by atoms with E-state index >= 15 is 0 Å². The van der Waals surface area contributed by atoms with E-state index in [0.29, 0.717) is 17.0 Å². The molecule has 0 saturated heterocycles. The first kappa shape index (κ1) is 18.4. The molecule has 1 atom stereocenters. The Labute approximate surface area is 145 Å². The Morgan fingerprint density at radius 3 is 2.60 bits per heavy atom. The minimum Gasteiger partial charge on any atom is -0.481 e. The van der Waals surface area contributed by atoms with Crippen LogP contribution in [-0.2, 0) is 14.4 Å². The summed E-state index contributed by atoms with van der Waals surface area (Å²) in [4.78, 5) is 49.5. The maximum atomic E-state index is 12.4. The molecule has 0 saturated carbocycles. The minimum atomic E-state index is -1.01. The third-order valence-corrected chi connectivity index (χ3v) is 3.95. The molecule has 1 N–H and O–H groups in total. The summed E-state index contributed by atoms with van der Waals surface area (Å²) >= 11 is 0. The van der Waals surface area contributed by atoms with Crippen LogP contribution in [0.4, 0.5) is 5.69 Å². The van der Waals surface area contributed by atoms with Crippen LogP contribution in [0.5, 0.6) is 5.75 Å². The number of rotatable bonds is 6. The van der Waals surface area contributed by atoms with Gasteiger partial charge in [-0.1, -0.05) is 0 Å². The molecule has 0 radical (unpaired) electrons. The molecule has 0 aromatic heterocycles. The van der Waals surface area contributed by atoms with Crippen LogP contribution >= 0.6 is 0 Å². The van der Waals surface area contributed by atoms with E-state index in [2.05, 4.69) is 0 Å². The summed E-state index contributed by atoms with van der Waals surface area (Å²) < 4.78 is 5.52. The van der Waals surface area contributed by atoms with Crippen molar-refractivity contribution >= 4 is 29.3 Å². The highest BCUT2D eigenvalue weighted by Crippen LogP contribution is 2.35. The molecule has 8 nitrogen and oxygen atoms in total. The zero-order valence-electron chi connectivity index (χ0n) is 14.3. The van der Waals surface area contributed by atoms with Crippen molar-refractivity contribution < 1.29 is 29.0 Å². The van der Waals surface area contributed by atoms with Crippen LogP contribution in [0.2, 0.25) is 0 Å². The van der Waals surface area contributed by atoms with Gasteiger partial charge in [0, 0.05) is 19.2 Å². The monoisotopic (exact) mass is 348 g/mol. The van der Waals surface area contributed by atoms with Gasteiger partial charge in [0.2, 0.25) is 5.91 Å². The number of ketones is 1. The standard InChI is InChI=1S/C17H20N2O6/c1-10(20)12-4-5-14-13(8-12)19(17(24)11(2)25-14)9-15(21)18(3)7-6-16(22)23/h4-5,8,11H,6-7,9H2,1-3H3,(H,22,23). The van der Waals surface area contributed by atoms with Gasteiger partial charge < -0.3 is 14.7 Å². The predicted octanol–water partition coefficient (Wildman–Crippen LogP) is 0.936. The van der Waals surface area contributed by atoms with E-state index in [1.807, 2.05) is 0 Å². The lowest BCUT2D eigenvalue weighted by Gasteiger charge is -2.33. The molecule has 1 aromatic rings. The Bertz CT molecular complexity index is 730. The number of likely N-dealkylation sites (N-methyl/N-ethyl adjacent to an activating group) is 1. The summed E-state index contributed by atoms with van der Waals surface area (Å²) in [7, 11) is 1.48. The number of carbonyl (C=O) groups excluding carboxylic acids is 3. The molecule has 25 heavy (non-hydrogen) atoms. The van der Waals surface area contributed by atoms with E-state index in [1.54, 1.807) is 19.1 Å². The first-order valence-corrected chi connectivity index (χ1v) is 7.79. The number of carbonyl (C=O) groups is 4. The van der Waals surface area contributed by atoms with Gasteiger partial charge in [0.25, 0.3) is 5.91 Å². The average molecular weight is 348 g/mol. The van der Waals surface area contributed by atoms with Crippen molar-refractivity contribution in [2.75, 3.05) is 25.0 Å². The van der Waals surface area contributed by atoms with E-state index in [4.69, 9.17) is 9.84 Å². The van der Waals surface area contributed by atoms with E-state index in [-0.39, 0.29) is 25.3 Å². The lowest BCUT2D eigenvalue weighted by molar-refractivity contribution is -0.138. The summed E-state index contributed by atoms with van der Waals surface area (Å²) in [5, 5.41) is 8.70. The fourth-order valence-electron chi connectivity index (χ4n) is 2.43. The molecule has 1 heterocycles. The number of benzene rings is 1. The third kappa shape index (κ3) is 4.14. The summed E-state index contributed by atoms with van der Waals surface area (Å²) in [5.74, 6) is -1.56. The van der Waals surface area contributed by atoms with Crippen LogP contribution in [0, 0.1) is 0 Å². The summed E-state index contributed by atoms with van der Waals surface area (Å²) in [5.41, 5.74) is 0.761. The van der Waals surface area contributed by atoms with E-state index < -0.39 is 23.9 Å². The lowest BCUT2D eigenvalue weighted by atomic mass is 10.1. The van der Waals surface area contributed by atoms with Gasteiger partial charge in [0.15, 0.2) is 11.9 Å². The van der Waals surface area contributed by atoms with Crippen molar-refractivity contribution in [3.05, 3.63) is 23.8 Å². The minimum absolute atomic E-state index is 0.0442. The molecule has 1 aliphatic heterocycles. The normalized spacial score (nSPS) is 16.0. The molecule has 0 aliphatic carbocycles. The Morgan fingerprint density at radius 2 is 2.00 bits per heavy atom. The van der Waals surface area contributed by atoms with E-state index in [0.717, 1.165) is 0 Å². The molecule has 1 aromatic carbocycles. The van der Waals surface area contributed by atoms with Gasteiger partial charge in [-0.25, -0.2) is 0 Å². The van der Waals surface area contributed by atoms with Crippen LogP contribution in [-0.4, -0.2) is 59.8 Å². The van der Waals surface area contributed by atoms with Gasteiger partial charge in [-0.3, -0.25) is 24.1 Å². The molecule has 0 bridgehead atoms. The summed E-state index contributed by atoms with van der Waals surface area (Å²) in [6.45, 7) is 2.78. The van der Waals surface area contributed by atoms with Crippen LogP contribution in [0.1, 0.15) is 30.6 Å². The highest BCUT2D eigenvalue weighted by Gasteiger charge is 2.33. The van der Waals surface area contributed by atoms with Crippen molar-refractivity contribution in [1.29, 1.82) is 0 Å². The Balaban J connectivity index is 2.26. The van der Waals surface area contributed by atoms with Crippen molar-refractivity contribution in [3.63, 3.8) is 0 Å². The smallest absolute Gasteiger partial charge is 0.305 e. The number of anilines is 1. The number of carboxylic acid groups (broad SMARTS) is 1. The molecular weight excluding hydrogens is 328 g/mol. The largest absolute Gasteiger partial charge is 0.481 e. The fraction of sp³-hybridized carbons (Fsp3) is 0.412. The van der Waals surface area contributed by atoms with Crippen molar-refractivity contribution in [1.82, 2.24) is 4.90 Å². The predicted molar refractivity (Wildman–Crippen MR) is 88.8 cm³/mol. The van der Waals surface area contributed by atoms with Crippen molar-refractivity contribution in [2.45, 2.75) is 26.4 Å². The van der Waals surface area contributed by atoms with Gasteiger partial charge in [-0.2, -0.15) is 0 Å². The third-order valence-electron chi connectivity index (χ3n) is 3.95. The zero-order valence-corrected chi connectivity index (χ0v) is 14.3. The Morgan fingerprint density at radius 1 is 1.32 bits per heavy atom. The van der Waals surface area contributed by atoms with Gasteiger partial charge in [0.1, 0.15) is 12.3 Å². The number of hydrogen-bond acceptors (Lipinski definition) is 5. The van der Waals surface area contributed by atoms with Gasteiger partial charge >= 0.3 is 5.97 Å². The molecule has 8 heteroatoms. The molecular formula is C17H20N2O6. The number of ether oxygens (including phenoxy) is 1. The second kappa shape index (κ2) is 7.33. The molecule has 2 amide bonds. The molecule has 0 spiro atoms. The molecule has 0 fully saturated rings. The first-order chi connectivity index (χ1) is 11.7. The van der Waals surface area contributed by atoms with Gasteiger partial charge in [-0.05, 0) is 32.0 Å². The summed E-state index contributed by atoms with van der Waals surface area (Å²) in [6, 6.07) is 4.72. The van der Waals surface area contributed by atoms with Crippen molar-refractivity contribution in [2.24, 2.45) is 0 Å².